The van der Waals surface area contributed by atoms with Gasteiger partial charge >= 0.3 is 6.18 Å². The molecule has 3 N–H and O–H groups in total. The summed E-state index contributed by atoms with van der Waals surface area (Å²) in [7, 11) is 0. The molecule has 0 bridgehead atoms. The lowest BCUT2D eigenvalue weighted by molar-refractivity contribution is -0.136. The summed E-state index contributed by atoms with van der Waals surface area (Å²) < 4.78 is 48.6. The van der Waals surface area contributed by atoms with E-state index >= 15 is 0 Å². The third-order valence-corrected chi connectivity index (χ3v) is 2.16. The van der Waals surface area contributed by atoms with Crippen LogP contribution in [-0.4, -0.2) is 11.3 Å². The first-order valence-corrected chi connectivity index (χ1v) is 4.61. The van der Waals surface area contributed by atoms with E-state index < -0.39 is 30.2 Å². The minimum absolute atomic E-state index is 0.00995. The van der Waals surface area contributed by atoms with Gasteiger partial charge in [0.05, 0.1) is 0 Å². The number of hydrogen-bond acceptors (Lipinski definition) is 2. The van der Waals surface area contributed by atoms with Crippen LogP contribution in [0.1, 0.15) is 24.4 Å². The molecule has 0 saturated carbocycles. The van der Waals surface area contributed by atoms with Crippen molar-refractivity contribution in [3.8, 4) is 5.75 Å². The highest BCUT2D eigenvalue weighted by atomic mass is 19.4. The quantitative estimate of drug-likeness (QED) is 0.794. The summed E-state index contributed by atoms with van der Waals surface area (Å²) in [5.41, 5.74) is 5.44. The van der Waals surface area contributed by atoms with Crippen molar-refractivity contribution in [2.45, 2.75) is 25.1 Å². The molecule has 1 rings (SSSR count). The average Bonchev–Trinajstić information content (AvgIpc) is 2.17. The number of alkyl halides is 3. The number of phenols is 1. The van der Waals surface area contributed by atoms with Crippen molar-refractivity contribution in [2.24, 2.45) is 5.73 Å². The van der Waals surface area contributed by atoms with Crippen molar-refractivity contribution in [1.82, 2.24) is 0 Å². The Labute approximate surface area is 89.7 Å². The molecule has 2 nitrogen and oxygen atoms in total. The zero-order valence-corrected chi connectivity index (χ0v) is 8.26. The van der Waals surface area contributed by atoms with Crippen LogP contribution in [0, 0.1) is 5.82 Å². The molecule has 0 saturated heterocycles. The first-order valence-electron chi connectivity index (χ1n) is 4.61. The lowest BCUT2D eigenvalue weighted by Crippen LogP contribution is -2.16. The Morgan fingerprint density at radius 3 is 2.50 bits per heavy atom. The lowest BCUT2D eigenvalue weighted by atomic mass is 10.0. The van der Waals surface area contributed by atoms with Gasteiger partial charge in [0.2, 0.25) is 0 Å². The zero-order chi connectivity index (χ0) is 12.3. The van der Waals surface area contributed by atoms with E-state index in [1.807, 2.05) is 0 Å². The Morgan fingerprint density at radius 2 is 1.94 bits per heavy atom. The third kappa shape index (κ3) is 3.37. The summed E-state index contributed by atoms with van der Waals surface area (Å²) in [6, 6.07) is 2.57. The molecule has 0 aliphatic carbocycles. The van der Waals surface area contributed by atoms with E-state index in [1.54, 1.807) is 0 Å². The van der Waals surface area contributed by atoms with E-state index in [-0.39, 0.29) is 12.0 Å². The number of benzene rings is 1. The maximum Gasteiger partial charge on any atom is 0.389 e. The second-order valence-electron chi connectivity index (χ2n) is 3.44. The second kappa shape index (κ2) is 4.69. The zero-order valence-electron chi connectivity index (χ0n) is 8.26. The molecule has 6 heteroatoms. The standard InChI is InChI=1S/C10H11F4NO/c11-7-3-1-2-6(9(7)16)8(15)4-5-10(12,13)14/h1-3,8,16H,4-5,15H2/t8-/m1/s1. The minimum Gasteiger partial charge on any atom is -0.505 e. The Hall–Kier alpha value is -1.30. The van der Waals surface area contributed by atoms with Crippen LogP contribution in [0.3, 0.4) is 0 Å². The van der Waals surface area contributed by atoms with Gasteiger partial charge in [-0.3, -0.25) is 0 Å². The highest BCUT2D eigenvalue weighted by Crippen LogP contribution is 2.31. The van der Waals surface area contributed by atoms with Gasteiger partial charge in [0.1, 0.15) is 0 Å². The Balaban J connectivity index is 2.73. The van der Waals surface area contributed by atoms with Gasteiger partial charge in [-0.15, -0.1) is 0 Å². The molecule has 1 aromatic carbocycles. The van der Waals surface area contributed by atoms with Crippen LogP contribution in [0.4, 0.5) is 17.6 Å². The Morgan fingerprint density at radius 1 is 1.31 bits per heavy atom. The van der Waals surface area contributed by atoms with Crippen LogP contribution in [-0.2, 0) is 0 Å². The number of aromatic hydroxyl groups is 1. The van der Waals surface area contributed by atoms with Gasteiger partial charge in [-0.05, 0) is 12.5 Å². The predicted octanol–water partition coefficient (Wildman–Crippen LogP) is 2.87. The highest BCUT2D eigenvalue weighted by molar-refractivity contribution is 5.35. The molecule has 0 radical (unpaired) electrons. The summed E-state index contributed by atoms with van der Waals surface area (Å²) in [4.78, 5) is 0. The number of para-hydroxylation sites is 1. The molecule has 0 aliphatic heterocycles. The van der Waals surface area contributed by atoms with Gasteiger partial charge in [0, 0.05) is 18.0 Å². The van der Waals surface area contributed by atoms with Crippen LogP contribution >= 0.6 is 0 Å². The maximum atomic E-state index is 12.9. The van der Waals surface area contributed by atoms with E-state index in [2.05, 4.69) is 0 Å². The monoisotopic (exact) mass is 237 g/mol. The second-order valence-corrected chi connectivity index (χ2v) is 3.44. The molecule has 0 aromatic heterocycles. The summed E-state index contributed by atoms with van der Waals surface area (Å²) in [6.45, 7) is 0. The normalized spacial score (nSPS) is 13.8. The van der Waals surface area contributed by atoms with Gasteiger partial charge in [-0.25, -0.2) is 4.39 Å². The van der Waals surface area contributed by atoms with E-state index in [0.717, 1.165) is 6.07 Å². The van der Waals surface area contributed by atoms with Crippen molar-refractivity contribution in [3.05, 3.63) is 29.6 Å². The fraction of sp³-hybridized carbons (Fsp3) is 0.400. The van der Waals surface area contributed by atoms with Crippen molar-refractivity contribution in [1.29, 1.82) is 0 Å². The molecule has 0 fully saturated rings. The average molecular weight is 237 g/mol. The fourth-order valence-electron chi connectivity index (χ4n) is 1.31. The number of hydrogen-bond donors (Lipinski definition) is 2. The van der Waals surface area contributed by atoms with Crippen LogP contribution in [0.5, 0.6) is 5.75 Å². The van der Waals surface area contributed by atoms with Crippen LogP contribution < -0.4 is 5.73 Å². The van der Waals surface area contributed by atoms with Crippen LogP contribution in [0.15, 0.2) is 18.2 Å². The van der Waals surface area contributed by atoms with Gasteiger partial charge < -0.3 is 10.8 Å². The molecule has 0 aliphatic rings. The predicted molar refractivity (Wildman–Crippen MR) is 50.3 cm³/mol. The SMILES string of the molecule is N[C@H](CCC(F)(F)F)c1cccc(F)c1O. The Kier molecular flexibility index (Phi) is 3.74. The minimum atomic E-state index is -4.30. The summed E-state index contributed by atoms with van der Waals surface area (Å²) >= 11 is 0. The molecule has 16 heavy (non-hydrogen) atoms. The number of phenolic OH excluding ortho intramolecular Hbond substituents is 1. The van der Waals surface area contributed by atoms with Crippen molar-refractivity contribution in [2.75, 3.05) is 0 Å². The molecule has 1 aromatic rings. The first-order chi connectivity index (χ1) is 7.31. The van der Waals surface area contributed by atoms with Gasteiger partial charge in [-0.1, -0.05) is 12.1 Å². The summed E-state index contributed by atoms with van der Waals surface area (Å²) in [6.07, 6.45) is -5.76. The van der Waals surface area contributed by atoms with Gasteiger partial charge in [0.15, 0.2) is 11.6 Å². The molecule has 0 unspecified atom stereocenters. The first kappa shape index (κ1) is 12.8. The number of halogens is 4. The molecule has 0 heterocycles. The summed E-state index contributed by atoms with van der Waals surface area (Å²) in [5, 5.41) is 9.26. The van der Waals surface area contributed by atoms with Crippen molar-refractivity contribution < 1.29 is 22.7 Å². The molecule has 90 valence electrons. The van der Waals surface area contributed by atoms with E-state index in [0.29, 0.717) is 0 Å². The molecule has 1 atom stereocenters. The number of nitrogens with two attached hydrogens (primary N) is 1. The lowest BCUT2D eigenvalue weighted by Gasteiger charge is -2.14. The largest absolute Gasteiger partial charge is 0.505 e. The number of rotatable bonds is 3. The third-order valence-electron chi connectivity index (χ3n) is 2.16. The molecule has 0 spiro atoms. The van der Waals surface area contributed by atoms with Crippen molar-refractivity contribution >= 4 is 0 Å². The van der Waals surface area contributed by atoms with Crippen molar-refractivity contribution in [3.63, 3.8) is 0 Å². The smallest absolute Gasteiger partial charge is 0.389 e. The van der Waals surface area contributed by atoms with Crippen LogP contribution in [0.25, 0.3) is 0 Å². The molecular formula is C10H11F4NO. The summed E-state index contributed by atoms with van der Waals surface area (Å²) in [5.74, 6) is -1.57. The van der Waals surface area contributed by atoms with E-state index in [4.69, 9.17) is 5.73 Å². The molecule has 0 amide bonds. The van der Waals surface area contributed by atoms with E-state index in [1.165, 1.54) is 12.1 Å². The van der Waals surface area contributed by atoms with Crippen LogP contribution in [0.2, 0.25) is 0 Å². The Bertz CT molecular complexity index is 364. The fourth-order valence-corrected chi connectivity index (χ4v) is 1.31. The van der Waals surface area contributed by atoms with E-state index in [9.17, 15) is 22.7 Å². The van der Waals surface area contributed by atoms with Gasteiger partial charge in [0.25, 0.3) is 0 Å². The molecular weight excluding hydrogens is 226 g/mol. The topological polar surface area (TPSA) is 46.2 Å². The maximum absolute atomic E-state index is 12.9. The van der Waals surface area contributed by atoms with Gasteiger partial charge in [-0.2, -0.15) is 13.2 Å². The highest BCUT2D eigenvalue weighted by Gasteiger charge is 2.28.